The first-order chi connectivity index (χ1) is 16.4. The maximum atomic E-state index is 13.6. The lowest BCUT2D eigenvalue weighted by molar-refractivity contribution is 0.0750. The number of carbonyl (C=O) groups is 1. The number of aromatic nitrogens is 1. The standard InChI is InChI=1S/C25H23N3O4S2/c1-18-9-11-20(12-10-18)34(30,31)23-25(32-22(26-23)19-6-3-2-4-7-19)28-15-13-27(14-16-28)24(29)21-8-5-17-33-21/h2-12,17H,13-16H2,1H3. The average Bonchev–Trinajstić information content (AvgIpc) is 3.56. The summed E-state index contributed by atoms with van der Waals surface area (Å²) in [5.41, 5.74) is 1.66. The number of carbonyl (C=O) groups excluding carboxylic acids is 1. The fourth-order valence-electron chi connectivity index (χ4n) is 3.87. The van der Waals surface area contributed by atoms with E-state index in [2.05, 4.69) is 4.98 Å². The fourth-order valence-corrected chi connectivity index (χ4v) is 5.89. The van der Waals surface area contributed by atoms with Gasteiger partial charge >= 0.3 is 0 Å². The van der Waals surface area contributed by atoms with Crippen LogP contribution >= 0.6 is 11.3 Å². The smallest absolute Gasteiger partial charge is 0.264 e. The molecule has 0 radical (unpaired) electrons. The van der Waals surface area contributed by atoms with Crippen LogP contribution in [-0.2, 0) is 9.84 Å². The normalized spacial score (nSPS) is 14.4. The van der Waals surface area contributed by atoms with E-state index >= 15 is 0 Å². The van der Waals surface area contributed by atoms with Crippen molar-refractivity contribution in [1.29, 1.82) is 0 Å². The molecule has 0 saturated carbocycles. The van der Waals surface area contributed by atoms with Crippen LogP contribution in [0.5, 0.6) is 0 Å². The summed E-state index contributed by atoms with van der Waals surface area (Å²) in [7, 11) is -3.91. The predicted octanol–water partition coefficient (Wildman–Crippen LogP) is 4.51. The van der Waals surface area contributed by atoms with Gasteiger partial charge < -0.3 is 14.2 Å². The summed E-state index contributed by atoms with van der Waals surface area (Å²) in [4.78, 5) is 21.7. The molecule has 0 N–H and O–H groups in total. The van der Waals surface area contributed by atoms with Gasteiger partial charge in [0.15, 0.2) is 0 Å². The zero-order chi connectivity index (χ0) is 23.7. The number of hydrogen-bond donors (Lipinski definition) is 0. The van der Waals surface area contributed by atoms with Gasteiger partial charge in [-0.15, -0.1) is 11.3 Å². The van der Waals surface area contributed by atoms with Gasteiger partial charge in [-0.3, -0.25) is 4.79 Å². The van der Waals surface area contributed by atoms with Crippen LogP contribution in [0.25, 0.3) is 11.5 Å². The van der Waals surface area contributed by atoms with Gasteiger partial charge in [0, 0.05) is 31.7 Å². The van der Waals surface area contributed by atoms with Gasteiger partial charge in [0.25, 0.3) is 5.91 Å². The first-order valence-electron chi connectivity index (χ1n) is 10.9. The molecule has 0 spiro atoms. The summed E-state index contributed by atoms with van der Waals surface area (Å²) in [5, 5.41) is 1.78. The molecule has 1 amide bonds. The van der Waals surface area contributed by atoms with Gasteiger partial charge in [-0.05, 0) is 42.6 Å². The summed E-state index contributed by atoms with van der Waals surface area (Å²) in [6.45, 7) is 3.71. The Labute approximate surface area is 202 Å². The van der Waals surface area contributed by atoms with Gasteiger partial charge in [0.2, 0.25) is 26.6 Å². The topological polar surface area (TPSA) is 83.7 Å². The fraction of sp³-hybridized carbons (Fsp3) is 0.200. The lowest BCUT2D eigenvalue weighted by Gasteiger charge is -2.34. The van der Waals surface area contributed by atoms with E-state index in [0.29, 0.717) is 36.6 Å². The minimum atomic E-state index is -3.91. The van der Waals surface area contributed by atoms with Crippen molar-refractivity contribution in [2.45, 2.75) is 16.8 Å². The molecular formula is C25H23N3O4S2. The van der Waals surface area contributed by atoms with Crippen LogP contribution in [0, 0.1) is 6.92 Å². The number of benzene rings is 2. The van der Waals surface area contributed by atoms with E-state index in [4.69, 9.17) is 4.42 Å². The zero-order valence-electron chi connectivity index (χ0n) is 18.5. The molecule has 1 saturated heterocycles. The van der Waals surface area contributed by atoms with E-state index in [0.717, 1.165) is 5.56 Å². The Morgan fingerprint density at radius 3 is 2.29 bits per heavy atom. The van der Waals surface area contributed by atoms with Crippen LogP contribution in [0.3, 0.4) is 0 Å². The number of hydrogen-bond acceptors (Lipinski definition) is 7. The molecule has 0 bridgehead atoms. The maximum absolute atomic E-state index is 13.6. The van der Waals surface area contributed by atoms with Crippen LogP contribution in [-0.4, -0.2) is 50.4 Å². The number of piperazine rings is 1. The molecule has 0 atom stereocenters. The second-order valence-electron chi connectivity index (χ2n) is 8.07. The molecule has 4 aromatic rings. The molecule has 1 aliphatic rings. The Morgan fingerprint density at radius 1 is 0.941 bits per heavy atom. The van der Waals surface area contributed by atoms with Crippen molar-refractivity contribution in [3.8, 4) is 11.5 Å². The molecule has 2 aromatic carbocycles. The van der Waals surface area contributed by atoms with E-state index in [1.807, 2.05) is 59.7 Å². The van der Waals surface area contributed by atoms with Gasteiger partial charge in [0.1, 0.15) is 0 Å². The van der Waals surface area contributed by atoms with E-state index in [1.165, 1.54) is 11.3 Å². The highest BCUT2D eigenvalue weighted by Gasteiger charge is 2.33. The number of oxazole rings is 1. The SMILES string of the molecule is Cc1ccc(S(=O)(=O)c2nc(-c3ccccc3)oc2N2CCN(C(=O)c3cccs3)CC2)cc1. The largest absolute Gasteiger partial charge is 0.419 e. The van der Waals surface area contributed by atoms with Crippen LogP contribution in [0.15, 0.2) is 86.4 Å². The van der Waals surface area contributed by atoms with Crippen molar-refractivity contribution < 1.29 is 17.6 Å². The molecule has 174 valence electrons. The summed E-state index contributed by atoms with van der Waals surface area (Å²) >= 11 is 1.41. The number of anilines is 1. The molecule has 2 aromatic heterocycles. The van der Waals surface area contributed by atoms with Crippen LogP contribution in [0.1, 0.15) is 15.2 Å². The first-order valence-corrected chi connectivity index (χ1v) is 13.3. The van der Waals surface area contributed by atoms with Crippen LogP contribution < -0.4 is 4.90 Å². The minimum absolute atomic E-state index is 0.00954. The van der Waals surface area contributed by atoms with Gasteiger partial charge in [-0.1, -0.05) is 42.0 Å². The van der Waals surface area contributed by atoms with Crippen molar-refractivity contribution in [3.63, 3.8) is 0 Å². The predicted molar refractivity (Wildman–Crippen MR) is 131 cm³/mol. The maximum Gasteiger partial charge on any atom is 0.264 e. The van der Waals surface area contributed by atoms with E-state index in [-0.39, 0.29) is 27.6 Å². The lowest BCUT2D eigenvalue weighted by Crippen LogP contribution is -2.48. The summed E-state index contributed by atoms with van der Waals surface area (Å²) < 4.78 is 33.2. The van der Waals surface area contributed by atoms with E-state index < -0.39 is 9.84 Å². The number of rotatable bonds is 5. The first kappa shape index (κ1) is 22.4. The van der Waals surface area contributed by atoms with Crippen molar-refractivity contribution >= 4 is 33.0 Å². The summed E-state index contributed by atoms with van der Waals surface area (Å²) in [6, 6.07) is 19.6. The van der Waals surface area contributed by atoms with Crippen molar-refractivity contribution in [3.05, 3.63) is 82.6 Å². The molecule has 7 nitrogen and oxygen atoms in total. The molecule has 1 aliphatic heterocycles. The molecule has 9 heteroatoms. The summed E-state index contributed by atoms with van der Waals surface area (Å²) in [5.74, 6) is 0.450. The highest BCUT2D eigenvalue weighted by molar-refractivity contribution is 7.91. The van der Waals surface area contributed by atoms with Crippen molar-refractivity contribution in [2.24, 2.45) is 0 Å². The highest BCUT2D eigenvalue weighted by Crippen LogP contribution is 2.35. The quantitative estimate of drug-likeness (QED) is 0.407. The molecule has 0 aliphatic carbocycles. The van der Waals surface area contributed by atoms with Gasteiger partial charge in [-0.2, -0.15) is 4.98 Å². The number of sulfone groups is 1. The Hall–Kier alpha value is -3.43. The molecule has 0 unspecified atom stereocenters. The number of thiophene rings is 1. The number of aryl methyl sites for hydroxylation is 1. The van der Waals surface area contributed by atoms with E-state index in [1.54, 1.807) is 29.2 Å². The Kier molecular flexibility index (Phi) is 5.97. The zero-order valence-corrected chi connectivity index (χ0v) is 20.2. The Balaban J connectivity index is 1.48. The Morgan fingerprint density at radius 2 is 1.65 bits per heavy atom. The number of amides is 1. The van der Waals surface area contributed by atoms with Gasteiger partial charge in [0.05, 0.1) is 9.77 Å². The second kappa shape index (κ2) is 9.08. The average molecular weight is 494 g/mol. The minimum Gasteiger partial charge on any atom is -0.419 e. The third-order valence-electron chi connectivity index (χ3n) is 5.77. The molecule has 1 fully saturated rings. The van der Waals surface area contributed by atoms with Crippen LogP contribution in [0.4, 0.5) is 5.88 Å². The molecule has 5 rings (SSSR count). The van der Waals surface area contributed by atoms with Crippen molar-refractivity contribution in [1.82, 2.24) is 9.88 Å². The lowest BCUT2D eigenvalue weighted by atomic mass is 10.2. The van der Waals surface area contributed by atoms with Crippen molar-refractivity contribution in [2.75, 3.05) is 31.1 Å². The monoisotopic (exact) mass is 493 g/mol. The summed E-state index contributed by atoms with van der Waals surface area (Å²) in [6.07, 6.45) is 0. The van der Waals surface area contributed by atoms with E-state index in [9.17, 15) is 13.2 Å². The third kappa shape index (κ3) is 4.24. The molecule has 3 heterocycles. The highest BCUT2D eigenvalue weighted by atomic mass is 32.2. The van der Waals surface area contributed by atoms with Gasteiger partial charge in [-0.25, -0.2) is 8.42 Å². The second-order valence-corrected chi connectivity index (χ2v) is 10.9. The number of nitrogens with zero attached hydrogens (tertiary/aromatic N) is 3. The molecular weight excluding hydrogens is 470 g/mol. The van der Waals surface area contributed by atoms with Crippen LogP contribution in [0.2, 0.25) is 0 Å². The molecule has 34 heavy (non-hydrogen) atoms. The Bertz CT molecular complexity index is 1390. The third-order valence-corrected chi connectivity index (χ3v) is 8.30.